The number of urea groups is 1. The first-order valence-corrected chi connectivity index (χ1v) is 7.70. The zero-order valence-corrected chi connectivity index (χ0v) is 12.2. The van der Waals surface area contributed by atoms with Crippen molar-refractivity contribution in [3.8, 4) is 0 Å². The molecule has 0 heterocycles. The van der Waals surface area contributed by atoms with Crippen molar-refractivity contribution in [2.24, 2.45) is 23.5 Å². The van der Waals surface area contributed by atoms with Crippen LogP contribution in [0.3, 0.4) is 0 Å². The van der Waals surface area contributed by atoms with Crippen LogP contribution in [0.25, 0.3) is 0 Å². The van der Waals surface area contributed by atoms with E-state index in [-0.39, 0.29) is 17.1 Å². The van der Waals surface area contributed by atoms with Crippen molar-refractivity contribution in [3.05, 3.63) is 0 Å². The first-order valence-electron chi connectivity index (χ1n) is 7.70. The number of hydrogen-bond acceptors (Lipinski definition) is 2. The summed E-state index contributed by atoms with van der Waals surface area (Å²) >= 11 is 0. The largest absolute Gasteiger partial charge is 0.333 e. The van der Waals surface area contributed by atoms with Gasteiger partial charge in [-0.15, -0.1) is 0 Å². The number of nitrogens with two attached hydrogens (primary N) is 1. The maximum Gasteiger partial charge on any atom is 0.315 e. The van der Waals surface area contributed by atoms with Crippen LogP contribution in [0.2, 0.25) is 0 Å². The fourth-order valence-electron chi connectivity index (χ4n) is 4.89. The second-order valence-corrected chi connectivity index (χ2v) is 7.87. The van der Waals surface area contributed by atoms with E-state index in [1.54, 1.807) is 0 Å². The fraction of sp³-hybridized carbons (Fsp3) is 0.933. The number of rotatable bonds is 3. The lowest BCUT2D eigenvalue weighted by atomic mass is 9.53. The van der Waals surface area contributed by atoms with E-state index in [9.17, 15) is 4.79 Å². The molecule has 0 saturated heterocycles. The van der Waals surface area contributed by atoms with E-state index in [1.807, 2.05) is 13.8 Å². The molecule has 0 aliphatic heterocycles. The molecule has 19 heavy (non-hydrogen) atoms. The normalized spacial score (nSPS) is 40.3. The predicted octanol–water partition coefficient (Wildman–Crippen LogP) is 1.99. The molecule has 4 nitrogen and oxygen atoms in total. The quantitative estimate of drug-likeness (QED) is 0.730. The van der Waals surface area contributed by atoms with Gasteiger partial charge in [0.2, 0.25) is 0 Å². The fourth-order valence-corrected chi connectivity index (χ4v) is 4.89. The van der Waals surface area contributed by atoms with Gasteiger partial charge in [-0.05, 0) is 70.1 Å². The van der Waals surface area contributed by atoms with Crippen LogP contribution in [-0.2, 0) is 0 Å². The second kappa shape index (κ2) is 4.37. The molecule has 4 bridgehead atoms. The van der Waals surface area contributed by atoms with Gasteiger partial charge in [0.1, 0.15) is 0 Å². The molecular weight excluding hydrogens is 238 g/mol. The Morgan fingerprint density at radius 2 is 1.63 bits per heavy atom. The summed E-state index contributed by atoms with van der Waals surface area (Å²) < 4.78 is 0. The predicted molar refractivity (Wildman–Crippen MR) is 75.7 cm³/mol. The van der Waals surface area contributed by atoms with Crippen LogP contribution < -0.4 is 16.4 Å². The smallest absolute Gasteiger partial charge is 0.315 e. The van der Waals surface area contributed by atoms with Crippen molar-refractivity contribution >= 4 is 6.03 Å². The zero-order valence-electron chi connectivity index (χ0n) is 12.2. The van der Waals surface area contributed by atoms with E-state index in [0.717, 1.165) is 17.8 Å². The molecule has 0 atom stereocenters. The van der Waals surface area contributed by atoms with Crippen LogP contribution in [0.5, 0.6) is 0 Å². The van der Waals surface area contributed by atoms with Crippen LogP contribution >= 0.6 is 0 Å². The Hall–Kier alpha value is -0.770. The highest BCUT2D eigenvalue weighted by molar-refractivity contribution is 5.75. The highest BCUT2D eigenvalue weighted by Gasteiger charge is 2.51. The minimum atomic E-state index is -0.327. The van der Waals surface area contributed by atoms with E-state index >= 15 is 0 Å². The Kier molecular flexibility index (Phi) is 3.04. The van der Waals surface area contributed by atoms with Gasteiger partial charge in [-0.2, -0.15) is 0 Å². The van der Waals surface area contributed by atoms with Gasteiger partial charge in [0.25, 0.3) is 0 Å². The topological polar surface area (TPSA) is 67.1 Å². The van der Waals surface area contributed by atoms with Crippen molar-refractivity contribution in [1.82, 2.24) is 10.6 Å². The molecule has 108 valence electrons. The molecule has 0 spiro atoms. The maximum atomic E-state index is 12.2. The van der Waals surface area contributed by atoms with Crippen LogP contribution in [0.4, 0.5) is 4.79 Å². The summed E-state index contributed by atoms with van der Waals surface area (Å²) in [5.41, 5.74) is 5.43. The number of carbonyl (C=O) groups excluding carboxylic acids is 1. The maximum absolute atomic E-state index is 12.2. The van der Waals surface area contributed by atoms with E-state index in [2.05, 4.69) is 10.6 Å². The molecule has 4 N–H and O–H groups in total. The summed E-state index contributed by atoms with van der Waals surface area (Å²) in [6.45, 7) is 4.39. The minimum Gasteiger partial charge on any atom is -0.333 e. The van der Waals surface area contributed by atoms with Crippen LogP contribution in [-0.4, -0.2) is 23.7 Å². The molecule has 2 amide bonds. The van der Waals surface area contributed by atoms with E-state index in [0.29, 0.717) is 6.54 Å². The molecule has 4 saturated carbocycles. The average Bonchev–Trinajstić information content (AvgIpc) is 2.25. The molecule has 0 unspecified atom stereocenters. The van der Waals surface area contributed by atoms with Crippen molar-refractivity contribution < 1.29 is 4.79 Å². The molecule has 0 aromatic carbocycles. The highest BCUT2D eigenvalue weighted by atomic mass is 16.2. The standard InChI is InChI=1S/C15H27N3O/c1-14(2,9-16)17-13(19)18-15-6-10-3-11(7-15)5-12(4-10)8-15/h10-12H,3-9,16H2,1-2H3,(H2,17,18,19). The molecule has 4 rings (SSSR count). The van der Waals surface area contributed by atoms with Crippen molar-refractivity contribution in [1.29, 1.82) is 0 Å². The number of carbonyl (C=O) groups is 1. The van der Waals surface area contributed by atoms with E-state index in [1.165, 1.54) is 38.5 Å². The summed E-state index contributed by atoms with van der Waals surface area (Å²) in [7, 11) is 0. The third-order valence-electron chi connectivity index (χ3n) is 5.38. The van der Waals surface area contributed by atoms with Gasteiger partial charge in [-0.3, -0.25) is 0 Å². The first kappa shape index (κ1) is 13.2. The third-order valence-corrected chi connectivity index (χ3v) is 5.38. The summed E-state index contributed by atoms with van der Waals surface area (Å²) in [4.78, 5) is 12.2. The summed E-state index contributed by atoms with van der Waals surface area (Å²) in [6, 6.07) is -0.0302. The number of nitrogens with one attached hydrogen (secondary N) is 2. The highest BCUT2D eigenvalue weighted by Crippen LogP contribution is 2.55. The molecule has 4 heteroatoms. The van der Waals surface area contributed by atoms with Gasteiger partial charge < -0.3 is 16.4 Å². The van der Waals surface area contributed by atoms with Gasteiger partial charge in [-0.1, -0.05) is 0 Å². The van der Waals surface area contributed by atoms with Gasteiger partial charge in [0.15, 0.2) is 0 Å². The average molecular weight is 265 g/mol. The number of amides is 2. The molecule has 4 aliphatic carbocycles. The summed E-state index contributed by atoms with van der Waals surface area (Å²) in [5, 5.41) is 6.32. The molecule has 0 aromatic rings. The van der Waals surface area contributed by atoms with Crippen LogP contribution in [0, 0.1) is 17.8 Å². The molecule has 0 aromatic heterocycles. The van der Waals surface area contributed by atoms with Gasteiger partial charge >= 0.3 is 6.03 Å². The summed E-state index contributed by atoms with van der Waals surface area (Å²) in [6.07, 6.45) is 7.77. The van der Waals surface area contributed by atoms with E-state index < -0.39 is 0 Å². The van der Waals surface area contributed by atoms with Crippen molar-refractivity contribution in [2.75, 3.05) is 6.54 Å². The zero-order chi connectivity index (χ0) is 13.7. The Morgan fingerprint density at radius 1 is 1.16 bits per heavy atom. The third kappa shape index (κ3) is 2.60. The lowest BCUT2D eigenvalue weighted by Crippen LogP contribution is -2.63. The lowest BCUT2D eigenvalue weighted by Gasteiger charge is -2.56. The molecule has 0 radical (unpaired) electrons. The lowest BCUT2D eigenvalue weighted by molar-refractivity contribution is -0.0138. The number of hydrogen-bond donors (Lipinski definition) is 3. The van der Waals surface area contributed by atoms with Gasteiger partial charge in [0, 0.05) is 17.6 Å². The Bertz CT molecular complexity index is 342. The Labute approximate surface area is 115 Å². The van der Waals surface area contributed by atoms with Gasteiger partial charge in [0.05, 0.1) is 0 Å². The molecule has 4 aliphatic rings. The molecular formula is C15H27N3O. The van der Waals surface area contributed by atoms with Crippen LogP contribution in [0.1, 0.15) is 52.4 Å². The van der Waals surface area contributed by atoms with Crippen molar-refractivity contribution in [3.63, 3.8) is 0 Å². The Balaban J connectivity index is 1.65. The Morgan fingerprint density at radius 3 is 2.05 bits per heavy atom. The van der Waals surface area contributed by atoms with Crippen LogP contribution in [0.15, 0.2) is 0 Å². The molecule has 4 fully saturated rings. The van der Waals surface area contributed by atoms with Gasteiger partial charge in [-0.25, -0.2) is 4.79 Å². The van der Waals surface area contributed by atoms with E-state index in [4.69, 9.17) is 5.73 Å². The van der Waals surface area contributed by atoms with Crippen molar-refractivity contribution in [2.45, 2.75) is 63.5 Å². The minimum absolute atomic E-state index is 0.0302. The first-order chi connectivity index (χ1) is 8.90. The second-order valence-electron chi connectivity index (χ2n) is 7.87. The summed E-state index contributed by atoms with van der Waals surface area (Å²) in [5.74, 6) is 2.57. The monoisotopic (exact) mass is 265 g/mol. The SMILES string of the molecule is CC(C)(CN)NC(=O)NC12CC3CC(CC(C3)C1)C2.